The van der Waals surface area contributed by atoms with Gasteiger partial charge in [0, 0.05) is 25.5 Å². The van der Waals surface area contributed by atoms with Crippen LogP contribution in [0.5, 0.6) is 0 Å². The minimum Gasteiger partial charge on any atom is -0.466 e. The van der Waals surface area contributed by atoms with Gasteiger partial charge in [0.1, 0.15) is 6.33 Å². The van der Waals surface area contributed by atoms with Crippen LogP contribution in [-0.2, 0) is 9.53 Å². The molecule has 0 amide bonds. The minimum atomic E-state index is -0.0484. The lowest BCUT2D eigenvalue weighted by Gasteiger charge is -2.32. The Bertz CT molecular complexity index is 329. The molecule has 5 nitrogen and oxygen atoms in total. The second kappa shape index (κ2) is 5.01. The highest BCUT2D eigenvalue weighted by Gasteiger charge is 2.25. The molecule has 0 saturated carbocycles. The Morgan fingerprint density at radius 1 is 1.50 bits per heavy atom. The third kappa shape index (κ3) is 2.35. The Hall–Kier alpha value is -1.52. The predicted octanol–water partition coefficient (Wildman–Crippen LogP) is 0.794. The zero-order chi connectivity index (χ0) is 11.4. The van der Waals surface area contributed by atoms with Gasteiger partial charge in [-0.2, -0.15) is 0 Å². The largest absolute Gasteiger partial charge is 0.466 e. The molecule has 0 aliphatic carbocycles. The van der Waals surface area contributed by atoms with Crippen LogP contribution in [0.3, 0.4) is 0 Å². The molecule has 0 spiro atoms. The standard InChI is InChI=1S/C11H17N3O2/c1-2-16-11(15)10-3-6-13(7-4-10)14-8-5-12-9-14/h5,8-10H,2-4,6-7H2,1H3. The van der Waals surface area contributed by atoms with Crippen molar-refractivity contribution >= 4 is 5.97 Å². The van der Waals surface area contributed by atoms with Gasteiger partial charge in [-0.05, 0) is 19.8 Å². The third-order valence-electron chi connectivity index (χ3n) is 2.91. The molecule has 5 heteroatoms. The molecule has 1 saturated heterocycles. The number of nitrogens with zero attached hydrogens (tertiary/aromatic N) is 3. The summed E-state index contributed by atoms with van der Waals surface area (Å²) < 4.78 is 7.00. The first-order valence-electron chi connectivity index (χ1n) is 5.71. The molecule has 0 aromatic carbocycles. The van der Waals surface area contributed by atoms with E-state index in [0.717, 1.165) is 25.9 Å². The zero-order valence-electron chi connectivity index (χ0n) is 9.50. The number of hydrogen-bond donors (Lipinski definition) is 0. The normalized spacial score (nSPS) is 17.4. The van der Waals surface area contributed by atoms with Crippen LogP contribution >= 0.6 is 0 Å². The smallest absolute Gasteiger partial charge is 0.309 e. The Balaban J connectivity index is 1.85. The van der Waals surface area contributed by atoms with Crippen molar-refractivity contribution in [3.63, 3.8) is 0 Å². The van der Waals surface area contributed by atoms with Crippen molar-refractivity contribution in [3.8, 4) is 0 Å². The number of imidazole rings is 1. The van der Waals surface area contributed by atoms with E-state index in [9.17, 15) is 4.79 Å². The van der Waals surface area contributed by atoms with Gasteiger partial charge in [0.05, 0.1) is 12.5 Å². The summed E-state index contributed by atoms with van der Waals surface area (Å²) >= 11 is 0. The molecule has 1 aromatic rings. The van der Waals surface area contributed by atoms with Crippen LogP contribution in [0.2, 0.25) is 0 Å². The van der Waals surface area contributed by atoms with Gasteiger partial charge >= 0.3 is 5.97 Å². The van der Waals surface area contributed by atoms with E-state index in [0.29, 0.717) is 6.61 Å². The number of aromatic nitrogens is 2. The van der Waals surface area contributed by atoms with E-state index in [1.54, 1.807) is 12.5 Å². The van der Waals surface area contributed by atoms with Crippen molar-refractivity contribution in [3.05, 3.63) is 18.7 Å². The quantitative estimate of drug-likeness (QED) is 0.711. The first kappa shape index (κ1) is 11.0. The van der Waals surface area contributed by atoms with Gasteiger partial charge in [0.2, 0.25) is 0 Å². The molecule has 88 valence electrons. The summed E-state index contributed by atoms with van der Waals surface area (Å²) in [6.45, 7) is 4.07. The van der Waals surface area contributed by atoms with Gasteiger partial charge in [-0.1, -0.05) is 0 Å². The Morgan fingerprint density at radius 3 is 2.81 bits per heavy atom. The van der Waals surface area contributed by atoms with Crippen LogP contribution in [0.25, 0.3) is 0 Å². The maximum atomic E-state index is 11.5. The summed E-state index contributed by atoms with van der Waals surface area (Å²) in [6.07, 6.45) is 7.18. The molecule has 0 N–H and O–H groups in total. The molecule has 0 unspecified atom stereocenters. The fourth-order valence-corrected chi connectivity index (χ4v) is 2.01. The molecule has 1 aliphatic rings. The molecule has 1 fully saturated rings. The highest BCUT2D eigenvalue weighted by molar-refractivity contribution is 5.72. The SMILES string of the molecule is CCOC(=O)C1CCN(n2ccnc2)CC1. The number of hydrogen-bond acceptors (Lipinski definition) is 4. The number of rotatable bonds is 3. The molecular weight excluding hydrogens is 206 g/mol. The van der Waals surface area contributed by atoms with Gasteiger partial charge in [0.25, 0.3) is 0 Å². The molecule has 1 aliphatic heterocycles. The lowest BCUT2D eigenvalue weighted by atomic mass is 9.98. The van der Waals surface area contributed by atoms with E-state index in [1.807, 2.05) is 17.8 Å². The lowest BCUT2D eigenvalue weighted by Crippen LogP contribution is -2.42. The van der Waals surface area contributed by atoms with Crippen molar-refractivity contribution in [1.82, 2.24) is 9.66 Å². The Kier molecular flexibility index (Phi) is 3.44. The van der Waals surface area contributed by atoms with Crippen LogP contribution in [0, 0.1) is 5.92 Å². The average molecular weight is 223 g/mol. The predicted molar refractivity (Wildman–Crippen MR) is 59.5 cm³/mol. The minimum absolute atomic E-state index is 0.0484. The molecule has 2 heterocycles. The summed E-state index contributed by atoms with van der Waals surface area (Å²) in [6, 6.07) is 0. The summed E-state index contributed by atoms with van der Waals surface area (Å²) in [7, 11) is 0. The van der Waals surface area contributed by atoms with E-state index in [2.05, 4.69) is 9.99 Å². The maximum Gasteiger partial charge on any atom is 0.309 e. The summed E-state index contributed by atoms with van der Waals surface area (Å²) in [4.78, 5) is 15.5. The molecule has 0 bridgehead atoms. The number of piperidine rings is 1. The number of carbonyl (C=O) groups excluding carboxylic acids is 1. The third-order valence-corrected chi connectivity index (χ3v) is 2.91. The van der Waals surface area contributed by atoms with Crippen LogP contribution in [-0.4, -0.2) is 35.3 Å². The molecular formula is C11H17N3O2. The summed E-state index contributed by atoms with van der Waals surface area (Å²) in [5.41, 5.74) is 0. The number of ether oxygens (including phenoxy) is 1. The Morgan fingerprint density at radius 2 is 2.25 bits per heavy atom. The highest BCUT2D eigenvalue weighted by Crippen LogP contribution is 2.17. The fraction of sp³-hybridized carbons (Fsp3) is 0.636. The van der Waals surface area contributed by atoms with E-state index in [1.165, 1.54) is 0 Å². The molecule has 0 atom stereocenters. The van der Waals surface area contributed by atoms with Gasteiger partial charge < -0.3 is 9.75 Å². The van der Waals surface area contributed by atoms with E-state index in [-0.39, 0.29) is 11.9 Å². The highest BCUT2D eigenvalue weighted by atomic mass is 16.5. The van der Waals surface area contributed by atoms with Gasteiger partial charge in [-0.25, -0.2) is 4.98 Å². The van der Waals surface area contributed by atoms with Crippen LogP contribution in [0.1, 0.15) is 19.8 Å². The summed E-state index contributed by atoms with van der Waals surface area (Å²) in [5.74, 6) is 0.0208. The second-order valence-electron chi connectivity index (χ2n) is 3.92. The van der Waals surface area contributed by atoms with Crippen molar-refractivity contribution in [2.45, 2.75) is 19.8 Å². The molecule has 16 heavy (non-hydrogen) atoms. The van der Waals surface area contributed by atoms with E-state index in [4.69, 9.17) is 4.74 Å². The molecule has 0 radical (unpaired) electrons. The lowest BCUT2D eigenvalue weighted by molar-refractivity contribution is -0.148. The molecule has 2 rings (SSSR count). The second-order valence-corrected chi connectivity index (χ2v) is 3.92. The topological polar surface area (TPSA) is 47.4 Å². The van der Waals surface area contributed by atoms with Crippen molar-refractivity contribution in [1.29, 1.82) is 0 Å². The van der Waals surface area contributed by atoms with Gasteiger partial charge in [0.15, 0.2) is 0 Å². The van der Waals surface area contributed by atoms with Crippen molar-refractivity contribution in [2.75, 3.05) is 24.7 Å². The van der Waals surface area contributed by atoms with Crippen LogP contribution < -0.4 is 5.01 Å². The number of carbonyl (C=O) groups is 1. The monoisotopic (exact) mass is 223 g/mol. The first-order valence-corrected chi connectivity index (χ1v) is 5.71. The summed E-state index contributed by atoms with van der Waals surface area (Å²) in [5, 5.41) is 2.18. The first-order chi connectivity index (χ1) is 7.81. The maximum absolute atomic E-state index is 11.5. The van der Waals surface area contributed by atoms with Crippen LogP contribution in [0.15, 0.2) is 18.7 Å². The average Bonchev–Trinajstić information content (AvgIpc) is 2.83. The zero-order valence-corrected chi connectivity index (χ0v) is 9.50. The van der Waals surface area contributed by atoms with E-state index >= 15 is 0 Å². The Labute approximate surface area is 95.0 Å². The number of esters is 1. The van der Waals surface area contributed by atoms with E-state index < -0.39 is 0 Å². The molecule has 1 aromatic heterocycles. The van der Waals surface area contributed by atoms with Gasteiger partial charge in [-0.15, -0.1) is 0 Å². The van der Waals surface area contributed by atoms with Crippen LogP contribution in [0.4, 0.5) is 0 Å². The van der Waals surface area contributed by atoms with Crippen molar-refractivity contribution in [2.24, 2.45) is 5.92 Å². The fourth-order valence-electron chi connectivity index (χ4n) is 2.01. The van der Waals surface area contributed by atoms with Gasteiger partial charge in [-0.3, -0.25) is 9.47 Å². The van der Waals surface area contributed by atoms with Crippen molar-refractivity contribution < 1.29 is 9.53 Å².